The molecule has 0 radical (unpaired) electrons. The third-order valence-electron chi connectivity index (χ3n) is 6.65. The number of rotatable bonds is 6. The standard InChI is InChI=1S/C24H26N8O2/c1-3-18-21-17(11-25)28-13-31(21)19-12-27-24(30-23(19)32(18)15-6-4-5-7-15)29-16-9-8-14(22(26)33)10-20(16)34-2/h8-10,12-13,15,18H,3-7H2,1-2H3,(H2,26,33)(H,27,29,30). The molecule has 2 aromatic heterocycles. The van der Waals surface area contributed by atoms with Crippen molar-refractivity contribution in [1.82, 2.24) is 19.5 Å². The molecular formula is C24H26N8O2. The highest BCUT2D eigenvalue weighted by molar-refractivity contribution is 5.94. The number of primary amides is 1. The summed E-state index contributed by atoms with van der Waals surface area (Å²) in [5.41, 5.74) is 8.53. The zero-order valence-corrected chi connectivity index (χ0v) is 19.2. The van der Waals surface area contributed by atoms with Crippen molar-refractivity contribution in [2.45, 2.75) is 51.1 Å². The van der Waals surface area contributed by atoms with Gasteiger partial charge in [0, 0.05) is 11.6 Å². The number of nitrogens with two attached hydrogens (primary N) is 1. The number of imidazole rings is 1. The van der Waals surface area contributed by atoms with Crippen molar-refractivity contribution < 1.29 is 9.53 Å². The number of hydrogen-bond donors (Lipinski definition) is 2. The molecule has 1 fully saturated rings. The van der Waals surface area contributed by atoms with Crippen LogP contribution in [0.3, 0.4) is 0 Å². The van der Waals surface area contributed by atoms with Gasteiger partial charge >= 0.3 is 0 Å². The molecule has 0 spiro atoms. The van der Waals surface area contributed by atoms with Crippen molar-refractivity contribution in [2.75, 3.05) is 17.3 Å². The van der Waals surface area contributed by atoms with E-state index in [0.29, 0.717) is 34.7 Å². The van der Waals surface area contributed by atoms with Gasteiger partial charge in [-0.3, -0.25) is 9.36 Å². The van der Waals surface area contributed by atoms with Crippen molar-refractivity contribution in [3.63, 3.8) is 0 Å². The molecule has 3 N–H and O–H groups in total. The number of carbonyl (C=O) groups excluding carboxylic acids is 1. The number of anilines is 3. The predicted molar refractivity (Wildman–Crippen MR) is 126 cm³/mol. The number of methoxy groups -OCH3 is 1. The van der Waals surface area contributed by atoms with Crippen LogP contribution in [0.15, 0.2) is 30.7 Å². The summed E-state index contributed by atoms with van der Waals surface area (Å²) in [6, 6.07) is 7.53. The summed E-state index contributed by atoms with van der Waals surface area (Å²) < 4.78 is 7.38. The van der Waals surface area contributed by atoms with Gasteiger partial charge in [0.15, 0.2) is 11.5 Å². The zero-order chi connectivity index (χ0) is 23.8. The van der Waals surface area contributed by atoms with Gasteiger partial charge in [-0.15, -0.1) is 0 Å². The summed E-state index contributed by atoms with van der Waals surface area (Å²) in [7, 11) is 1.53. The van der Waals surface area contributed by atoms with E-state index in [9.17, 15) is 10.1 Å². The van der Waals surface area contributed by atoms with Crippen LogP contribution in [0.2, 0.25) is 0 Å². The van der Waals surface area contributed by atoms with E-state index in [2.05, 4.69) is 33.2 Å². The van der Waals surface area contributed by atoms with E-state index in [1.54, 1.807) is 30.7 Å². The molecular weight excluding hydrogens is 432 g/mol. The van der Waals surface area contributed by atoms with Crippen LogP contribution in [0.5, 0.6) is 5.75 Å². The van der Waals surface area contributed by atoms with E-state index in [-0.39, 0.29) is 6.04 Å². The Morgan fingerprint density at radius 2 is 2.12 bits per heavy atom. The lowest BCUT2D eigenvalue weighted by atomic mass is 10.0. The number of ether oxygens (including phenoxy) is 1. The Morgan fingerprint density at radius 1 is 1.32 bits per heavy atom. The Morgan fingerprint density at radius 3 is 2.79 bits per heavy atom. The van der Waals surface area contributed by atoms with Crippen LogP contribution in [0, 0.1) is 11.3 Å². The largest absolute Gasteiger partial charge is 0.495 e. The van der Waals surface area contributed by atoms with Gasteiger partial charge in [-0.1, -0.05) is 19.8 Å². The molecule has 1 aromatic carbocycles. The fourth-order valence-corrected chi connectivity index (χ4v) is 5.09. The molecule has 1 unspecified atom stereocenters. The molecule has 1 aliphatic heterocycles. The first-order valence-corrected chi connectivity index (χ1v) is 11.4. The zero-order valence-electron chi connectivity index (χ0n) is 19.2. The van der Waals surface area contributed by atoms with Gasteiger partial charge in [0.05, 0.1) is 30.7 Å². The average molecular weight is 459 g/mol. The smallest absolute Gasteiger partial charge is 0.248 e. The topological polar surface area (TPSA) is 135 Å². The number of nitriles is 1. The molecule has 1 amide bonds. The number of carbonyl (C=O) groups is 1. The summed E-state index contributed by atoms with van der Waals surface area (Å²) in [6.07, 6.45) is 8.79. The van der Waals surface area contributed by atoms with Gasteiger partial charge in [0.25, 0.3) is 0 Å². The first-order valence-electron chi connectivity index (χ1n) is 11.4. The number of aromatic nitrogens is 4. The molecule has 2 aliphatic rings. The summed E-state index contributed by atoms with van der Waals surface area (Å²) in [5.74, 6) is 1.16. The second-order valence-electron chi connectivity index (χ2n) is 8.54. The van der Waals surface area contributed by atoms with Gasteiger partial charge in [0.2, 0.25) is 11.9 Å². The highest BCUT2D eigenvalue weighted by Crippen LogP contribution is 2.44. The number of hydrogen-bond acceptors (Lipinski definition) is 8. The van der Waals surface area contributed by atoms with Gasteiger partial charge in [-0.2, -0.15) is 10.2 Å². The van der Waals surface area contributed by atoms with E-state index < -0.39 is 5.91 Å². The number of benzene rings is 1. The highest BCUT2D eigenvalue weighted by atomic mass is 16.5. The lowest BCUT2D eigenvalue weighted by molar-refractivity contribution is 0.1000. The summed E-state index contributed by atoms with van der Waals surface area (Å²) in [4.78, 5) is 27.7. The second kappa shape index (κ2) is 8.67. The summed E-state index contributed by atoms with van der Waals surface area (Å²) in [5, 5.41) is 12.9. The van der Waals surface area contributed by atoms with Gasteiger partial charge in [0.1, 0.15) is 23.8 Å². The van der Waals surface area contributed by atoms with Crippen molar-refractivity contribution in [1.29, 1.82) is 5.26 Å². The monoisotopic (exact) mass is 458 g/mol. The Kier molecular flexibility index (Phi) is 5.53. The maximum atomic E-state index is 11.5. The van der Waals surface area contributed by atoms with Crippen LogP contribution in [-0.2, 0) is 0 Å². The Hall–Kier alpha value is -4.13. The minimum atomic E-state index is -0.527. The lowest BCUT2D eigenvalue weighted by Crippen LogP contribution is -2.42. The fourth-order valence-electron chi connectivity index (χ4n) is 5.09. The maximum Gasteiger partial charge on any atom is 0.248 e. The Bertz CT molecular complexity index is 1290. The minimum absolute atomic E-state index is 0.000105. The van der Waals surface area contributed by atoms with E-state index >= 15 is 0 Å². The van der Waals surface area contributed by atoms with Gasteiger partial charge < -0.3 is 20.7 Å². The van der Waals surface area contributed by atoms with Crippen LogP contribution in [-0.4, -0.2) is 38.6 Å². The molecule has 3 heterocycles. The third-order valence-corrected chi connectivity index (χ3v) is 6.65. The number of fused-ring (bicyclic) bond motifs is 3. The van der Waals surface area contributed by atoms with Crippen LogP contribution in [0.1, 0.15) is 66.8 Å². The quantitative estimate of drug-likeness (QED) is 0.572. The second-order valence-corrected chi connectivity index (χ2v) is 8.54. The van der Waals surface area contributed by atoms with E-state index in [1.807, 2.05) is 4.57 Å². The molecule has 34 heavy (non-hydrogen) atoms. The molecule has 1 aliphatic carbocycles. The maximum absolute atomic E-state index is 11.5. The van der Waals surface area contributed by atoms with Crippen LogP contribution in [0.4, 0.5) is 17.5 Å². The van der Waals surface area contributed by atoms with Crippen molar-refractivity contribution >= 4 is 23.4 Å². The Balaban J connectivity index is 1.60. The SMILES string of the molecule is CCC1c2c(C#N)ncn2-c2cnc(Nc3ccc(C(N)=O)cc3OC)nc2N1C1CCCC1. The molecule has 1 saturated carbocycles. The van der Waals surface area contributed by atoms with E-state index in [0.717, 1.165) is 36.5 Å². The van der Waals surface area contributed by atoms with Crippen LogP contribution in [0.25, 0.3) is 5.69 Å². The van der Waals surface area contributed by atoms with Crippen LogP contribution < -0.4 is 20.7 Å². The Labute approximate surface area is 197 Å². The van der Waals surface area contributed by atoms with Crippen molar-refractivity contribution in [3.8, 4) is 17.5 Å². The lowest BCUT2D eigenvalue weighted by Gasteiger charge is -2.41. The fraction of sp³-hybridized carbons (Fsp3) is 0.375. The average Bonchev–Trinajstić information content (AvgIpc) is 3.53. The molecule has 5 rings (SSSR count). The molecule has 3 aromatic rings. The highest BCUT2D eigenvalue weighted by Gasteiger charge is 2.39. The molecule has 10 nitrogen and oxygen atoms in total. The first kappa shape index (κ1) is 21.7. The van der Waals surface area contributed by atoms with E-state index in [4.69, 9.17) is 15.5 Å². The summed E-state index contributed by atoms with van der Waals surface area (Å²) in [6.45, 7) is 2.13. The molecule has 10 heteroatoms. The van der Waals surface area contributed by atoms with Gasteiger partial charge in [-0.25, -0.2) is 9.97 Å². The molecule has 174 valence electrons. The normalized spacial score (nSPS) is 17.1. The number of nitrogens with one attached hydrogen (secondary N) is 1. The van der Waals surface area contributed by atoms with E-state index in [1.165, 1.54) is 20.0 Å². The predicted octanol–water partition coefficient (Wildman–Crippen LogP) is 3.60. The number of amides is 1. The molecule has 0 saturated heterocycles. The minimum Gasteiger partial charge on any atom is -0.495 e. The van der Waals surface area contributed by atoms with Crippen LogP contribution >= 0.6 is 0 Å². The molecule has 1 atom stereocenters. The first-order chi connectivity index (χ1) is 16.5. The van der Waals surface area contributed by atoms with Crippen molar-refractivity contribution in [2.24, 2.45) is 5.73 Å². The number of nitrogens with zero attached hydrogens (tertiary/aromatic N) is 6. The third kappa shape index (κ3) is 3.50. The summed E-state index contributed by atoms with van der Waals surface area (Å²) >= 11 is 0. The van der Waals surface area contributed by atoms with Crippen molar-refractivity contribution in [3.05, 3.63) is 47.7 Å². The van der Waals surface area contributed by atoms with Gasteiger partial charge in [-0.05, 0) is 37.5 Å². The molecule has 0 bridgehead atoms.